The van der Waals surface area contributed by atoms with Gasteiger partial charge in [0.25, 0.3) is 5.91 Å². The average molecular weight is 410 g/mol. The molecule has 148 valence electrons. The molecule has 1 heterocycles. The van der Waals surface area contributed by atoms with Gasteiger partial charge in [0, 0.05) is 5.56 Å². The summed E-state index contributed by atoms with van der Waals surface area (Å²) in [5, 5.41) is 2.64. The maximum atomic E-state index is 13.1. The molecule has 0 radical (unpaired) electrons. The number of nitrogens with zero attached hydrogens (tertiary/aromatic N) is 1. The highest BCUT2D eigenvalue weighted by Gasteiger charge is 2.33. The largest absolute Gasteiger partial charge is 0.490 e. The van der Waals surface area contributed by atoms with Gasteiger partial charge in [0.1, 0.15) is 0 Å². The van der Waals surface area contributed by atoms with Gasteiger partial charge >= 0.3 is 6.18 Å². The van der Waals surface area contributed by atoms with Crippen LogP contribution < -0.4 is 14.8 Å². The molecule has 1 N–H and O–H groups in total. The summed E-state index contributed by atoms with van der Waals surface area (Å²) in [5.41, 5.74) is -0.736. The van der Waals surface area contributed by atoms with Crippen molar-refractivity contribution in [1.29, 1.82) is 0 Å². The molecule has 0 bridgehead atoms. The normalized spacial score (nSPS) is 11.5. The summed E-state index contributed by atoms with van der Waals surface area (Å²) in [5.74, 6) is 0.424. The minimum absolute atomic E-state index is 0.0866. The van der Waals surface area contributed by atoms with Crippen LogP contribution in [0.15, 0.2) is 36.4 Å². The van der Waals surface area contributed by atoms with Gasteiger partial charge in [0.15, 0.2) is 16.6 Å². The van der Waals surface area contributed by atoms with Crippen LogP contribution in [0.4, 0.5) is 18.3 Å². The highest BCUT2D eigenvalue weighted by molar-refractivity contribution is 7.22. The summed E-state index contributed by atoms with van der Waals surface area (Å²) in [6, 6.07) is 8.51. The molecule has 3 aromatic rings. The number of fused-ring (bicyclic) bond motifs is 1. The average Bonchev–Trinajstić information content (AvgIpc) is 3.04. The van der Waals surface area contributed by atoms with Gasteiger partial charge in [-0.3, -0.25) is 10.1 Å². The van der Waals surface area contributed by atoms with E-state index < -0.39 is 17.6 Å². The summed E-state index contributed by atoms with van der Waals surface area (Å²) in [6.45, 7) is 4.47. The van der Waals surface area contributed by atoms with Crippen molar-refractivity contribution in [3.8, 4) is 11.5 Å². The van der Waals surface area contributed by atoms with Gasteiger partial charge in [0.2, 0.25) is 0 Å². The minimum atomic E-state index is -4.52. The van der Waals surface area contributed by atoms with E-state index in [1.807, 2.05) is 13.8 Å². The molecule has 5 nitrogen and oxygen atoms in total. The Labute approximate surface area is 163 Å². The van der Waals surface area contributed by atoms with Gasteiger partial charge in [-0.25, -0.2) is 4.98 Å². The zero-order valence-corrected chi connectivity index (χ0v) is 15.9. The number of anilines is 1. The third-order valence-corrected chi connectivity index (χ3v) is 4.69. The molecule has 0 saturated carbocycles. The van der Waals surface area contributed by atoms with E-state index in [0.717, 1.165) is 17.4 Å². The zero-order valence-electron chi connectivity index (χ0n) is 15.1. The van der Waals surface area contributed by atoms with Crippen LogP contribution in [0, 0.1) is 0 Å². The number of thiazole rings is 1. The monoisotopic (exact) mass is 410 g/mol. The fourth-order valence-electron chi connectivity index (χ4n) is 2.59. The van der Waals surface area contributed by atoms with Crippen molar-refractivity contribution in [3.05, 3.63) is 47.5 Å². The summed E-state index contributed by atoms with van der Waals surface area (Å²) >= 11 is 0.977. The molecular formula is C19H17F3N2O3S. The molecular weight excluding hydrogens is 393 g/mol. The first-order valence-corrected chi connectivity index (χ1v) is 9.32. The van der Waals surface area contributed by atoms with Gasteiger partial charge in [-0.15, -0.1) is 0 Å². The first-order valence-electron chi connectivity index (χ1n) is 8.51. The second-order valence-corrected chi connectivity index (χ2v) is 6.68. The van der Waals surface area contributed by atoms with Crippen molar-refractivity contribution in [2.24, 2.45) is 0 Å². The Morgan fingerprint density at radius 2 is 1.82 bits per heavy atom. The second kappa shape index (κ2) is 8.05. The van der Waals surface area contributed by atoms with Crippen LogP contribution in [0.25, 0.3) is 10.2 Å². The van der Waals surface area contributed by atoms with Crippen LogP contribution in [-0.2, 0) is 6.18 Å². The van der Waals surface area contributed by atoms with Crippen LogP contribution in [0.3, 0.4) is 0 Å². The summed E-state index contributed by atoms with van der Waals surface area (Å²) < 4.78 is 50.7. The van der Waals surface area contributed by atoms with Crippen molar-refractivity contribution in [1.82, 2.24) is 4.98 Å². The van der Waals surface area contributed by atoms with Gasteiger partial charge in [-0.2, -0.15) is 13.2 Å². The number of ether oxygens (including phenoxy) is 2. The third-order valence-electron chi connectivity index (χ3n) is 3.75. The Bertz CT molecular complexity index is 1000. The molecule has 3 rings (SSSR count). The molecule has 9 heteroatoms. The van der Waals surface area contributed by atoms with Gasteiger partial charge in [-0.05, 0) is 44.2 Å². The van der Waals surface area contributed by atoms with Crippen LogP contribution in [-0.4, -0.2) is 24.1 Å². The predicted octanol–water partition coefficient (Wildman–Crippen LogP) is 5.36. The van der Waals surface area contributed by atoms with E-state index in [0.29, 0.717) is 29.4 Å². The molecule has 0 saturated heterocycles. The number of carbonyl (C=O) groups excluding carboxylic acids is 1. The summed E-state index contributed by atoms with van der Waals surface area (Å²) in [6.07, 6.45) is -4.52. The minimum Gasteiger partial charge on any atom is -0.490 e. The Morgan fingerprint density at radius 3 is 2.50 bits per heavy atom. The van der Waals surface area contributed by atoms with E-state index >= 15 is 0 Å². The molecule has 0 spiro atoms. The molecule has 0 aliphatic carbocycles. The first-order chi connectivity index (χ1) is 13.3. The number of rotatable bonds is 6. The van der Waals surface area contributed by atoms with Crippen LogP contribution >= 0.6 is 11.3 Å². The maximum absolute atomic E-state index is 13.1. The molecule has 0 atom stereocenters. The van der Waals surface area contributed by atoms with E-state index in [1.165, 1.54) is 18.2 Å². The topological polar surface area (TPSA) is 60.5 Å². The number of para-hydroxylation sites is 1. The SMILES string of the molecule is CCOc1ccc(C(=O)Nc2nc3c(C(F)(F)F)cccc3s2)cc1OCC. The van der Waals surface area contributed by atoms with Crippen LogP contribution in [0.5, 0.6) is 11.5 Å². The van der Waals surface area contributed by atoms with Gasteiger partial charge < -0.3 is 9.47 Å². The number of nitrogens with one attached hydrogen (secondary N) is 1. The summed E-state index contributed by atoms with van der Waals surface area (Å²) in [7, 11) is 0. The maximum Gasteiger partial charge on any atom is 0.418 e. The Kier molecular flexibility index (Phi) is 5.73. The van der Waals surface area contributed by atoms with Crippen LogP contribution in [0.2, 0.25) is 0 Å². The molecule has 28 heavy (non-hydrogen) atoms. The molecule has 0 aliphatic rings. The number of halogens is 3. The molecule has 1 aromatic heterocycles. The second-order valence-electron chi connectivity index (χ2n) is 5.65. The first kappa shape index (κ1) is 19.9. The number of aromatic nitrogens is 1. The molecule has 1 amide bonds. The predicted molar refractivity (Wildman–Crippen MR) is 101 cm³/mol. The quantitative estimate of drug-likeness (QED) is 0.594. The fourth-order valence-corrected chi connectivity index (χ4v) is 3.48. The van der Waals surface area contributed by atoms with Crippen molar-refractivity contribution in [3.63, 3.8) is 0 Å². The number of hydrogen-bond acceptors (Lipinski definition) is 5. The lowest BCUT2D eigenvalue weighted by Crippen LogP contribution is -2.12. The van der Waals surface area contributed by atoms with E-state index in [-0.39, 0.29) is 16.2 Å². The van der Waals surface area contributed by atoms with Crippen molar-refractivity contribution in [2.45, 2.75) is 20.0 Å². The Balaban J connectivity index is 1.88. The smallest absolute Gasteiger partial charge is 0.418 e. The number of alkyl halides is 3. The molecule has 2 aromatic carbocycles. The zero-order chi connectivity index (χ0) is 20.3. The Hall–Kier alpha value is -2.81. The van der Waals surface area contributed by atoms with Crippen molar-refractivity contribution in [2.75, 3.05) is 18.5 Å². The standard InChI is InChI=1S/C19H17F3N2O3S/c1-3-26-13-9-8-11(10-14(13)27-4-2)17(25)24-18-23-16-12(19(20,21)22)6-5-7-15(16)28-18/h5-10H,3-4H2,1-2H3,(H,23,24,25). The van der Waals surface area contributed by atoms with Crippen LogP contribution in [0.1, 0.15) is 29.8 Å². The lowest BCUT2D eigenvalue weighted by molar-refractivity contribution is -0.136. The van der Waals surface area contributed by atoms with Crippen molar-refractivity contribution < 1.29 is 27.4 Å². The number of hydrogen-bond donors (Lipinski definition) is 1. The van der Waals surface area contributed by atoms with E-state index in [2.05, 4.69) is 10.3 Å². The van der Waals surface area contributed by atoms with Crippen molar-refractivity contribution >= 4 is 32.6 Å². The Morgan fingerprint density at radius 1 is 1.11 bits per heavy atom. The fraction of sp³-hybridized carbons (Fsp3) is 0.263. The van der Waals surface area contributed by atoms with E-state index in [4.69, 9.17) is 9.47 Å². The highest BCUT2D eigenvalue weighted by atomic mass is 32.1. The summed E-state index contributed by atoms with van der Waals surface area (Å²) in [4.78, 5) is 16.5. The molecule has 0 fully saturated rings. The number of amides is 1. The number of carbonyl (C=O) groups is 1. The molecule has 0 unspecified atom stereocenters. The lowest BCUT2D eigenvalue weighted by atomic mass is 10.2. The van der Waals surface area contributed by atoms with Gasteiger partial charge in [-0.1, -0.05) is 17.4 Å². The van der Waals surface area contributed by atoms with E-state index in [9.17, 15) is 18.0 Å². The van der Waals surface area contributed by atoms with E-state index in [1.54, 1.807) is 12.1 Å². The highest BCUT2D eigenvalue weighted by Crippen LogP contribution is 2.37. The molecule has 0 aliphatic heterocycles. The third kappa shape index (κ3) is 4.19. The number of benzene rings is 2. The van der Waals surface area contributed by atoms with Gasteiger partial charge in [0.05, 0.1) is 29.0 Å². The lowest BCUT2D eigenvalue weighted by Gasteiger charge is -2.12.